The number of hydrogen-bond acceptors (Lipinski definition) is 2. The molecule has 0 bridgehead atoms. The molecule has 0 spiro atoms. The molecule has 3 nitrogen and oxygen atoms in total. The van der Waals surface area contributed by atoms with E-state index in [1.54, 1.807) is 44.3 Å². The van der Waals surface area contributed by atoms with Crippen LogP contribution in [0.4, 0.5) is 0 Å². The van der Waals surface area contributed by atoms with Gasteiger partial charge in [-0.3, -0.25) is 0 Å². The van der Waals surface area contributed by atoms with E-state index in [0.29, 0.717) is 9.92 Å². The van der Waals surface area contributed by atoms with Gasteiger partial charge in [-0.25, -0.2) is 8.42 Å². The fourth-order valence-electron chi connectivity index (χ4n) is 2.16. The zero-order valence-electron chi connectivity index (χ0n) is 12.2. The van der Waals surface area contributed by atoms with Crippen LogP contribution in [0.25, 0.3) is 0 Å². The minimum Gasteiger partial charge on any atom is -0.207 e. The second-order valence-corrected chi connectivity index (χ2v) is 7.42. The molecule has 2 aromatic rings. The van der Waals surface area contributed by atoms with Gasteiger partial charge in [0.2, 0.25) is 10.0 Å². The Morgan fingerprint density at radius 3 is 2.19 bits per heavy atom. The molecule has 0 N–H and O–H groups in total. The Labute approximate surface area is 131 Å². The summed E-state index contributed by atoms with van der Waals surface area (Å²) in [5, 5.41) is 0.635. The lowest BCUT2D eigenvalue weighted by molar-refractivity contribution is 0.398. The van der Waals surface area contributed by atoms with Gasteiger partial charge in [-0.15, -0.1) is 0 Å². The highest BCUT2D eigenvalue weighted by Gasteiger charge is 2.27. The first kappa shape index (κ1) is 16.0. The summed E-state index contributed by atoms with van der Waals surface area (Å²) in [5.74, 6) is 0. The molecule has 112 valence electrons. The third kappa shape index (κ3) is 3.28. The topological polar surface area (TPSA) is 37.4 Å². The smallest absolute Gasteiger partial charge is 0.207 e. The van der Waals surface area contributed by atoms with Crippen molar-refractivity contribution in [1.82, 2.24) is 4.31 Å². The minimum atomic E-state index is -3.53. The van der Waals surface area contributed by atoms with Crippen molar-refractivity contribution >= 4 is 21.6 Å². The van der Waals surface area contributed by atoms with Crippen LogP contribution in [0.3, 0.4) is 0 Å². The number of benzene rings is 2. The van der Waals surface area contributed by atoms with Gasteiger partial charge < -0.3 is 0 Å². The monoisotopic (exact) mass is 323 g/mol. The van der Waals surface area contributed by atoms with Crippen molar-refractivity contribution in [2.75, 3.05) is 7.05 Å². The highest BCUT2D eigenvalue weighted by Crippen LogP contribution is 2.27. The van der Waals surface area contributed by atoms with Gasteiger partial charge in [-0.1, -0.05) is 41.9 Å². The van der Waals surface area contributed by atoms with E-state index >= 15 is 0 Å². The number of halogens is 1. The molecule has 0 radical (unpaired) electrons. The number of hydrogen-bond donors (Lipinski definition) is 0. The van der Waals surface area contributed by atoms with Crippen LogP contribution < -0.4 is 0 Å². The summed E-state index contributed by atoms with van der Waals surface area (Å²) in [5.41, 5.74) is 1.65. The van der Waals surface area contributed by atoms with Crippen LogP contribution in [-0.2, 0) is 10.0 Å². The van der Waals surface area contributed by atoms with Crippen molar-refractivity contribution < 1.29 is 8.42 Å². The zero-order valence-corrected chi connectivity index (χ0v) is 13.8. The average Bonchev–Trinajstić information content (AvgIpc) is 2.46. The summed E-state index contributed by atoms with van der Waals surface area (Å²) in [7, 11) is -1.93. The van der Waals surface area contributed by atoms with Crippen LogP contribution in [-0.4, -0.2) is 19.8 Å². The Kier molecular flexibility index (Phi) is 4.71. The average molecular weight is 324 g/mol. The summed E-state index contributed by atoms with van der Waals surface area (Å²) >= 11 is 5.87. The van der Waals surface area contributed by atoms with Crippen molar-refractivity contribution in [1.29, 1.82) is 0 Å². The first-order valence-electron chi connectivity index (χ1n) is 6.63. The molecule has 0 saturated heterocycles. The summed E-state index contributed by atoms with van der Waals surface area (Å²) in [6, 6.07) is 13.9. The molecule has 2 rings (SSSR count). The molecule has 0 heterocycles. The number of aryl methyl sites for hydroxylation is 1. The molecule has 0 aliphatic carbocycles. The molecule has 0 aliphatic rings. The van der Waals surface area contributed by atoms with Gasteiger partial charge >= 0.3 is 0 Å². The maximum Gasteiger partial charge on any atom is 0.243 e. The van der Waals surface area contributed by atoms with Crippen LogP contribution in [0.1, 0.15) is 24.1 Å². The van der Waals surface area contributed by atoms with E-state index in [1.165, 1.54) is 4.31 Å². The molecular formula is C16H18ClNO2S. The van der Waals surface area contributed by atoms with Gasteiger partial charge in [0.05, 0.1) is 4.90 Å². The Bertz CT molecular complexity index is 726. The van der Waals surface area contributed by atoms with Gasteiger partial charge in [-0.2, -0.15) is 4.31 Å². The molecule has 5 heteroatoms. The quantitative estimate of drug-likeness (QED) is 0.852. The molecule has 1 atom stereocenters. The molecule has 0 saturated carbocycles. The molecule has 0 aliphatic heterocycles. The van der Waals surface area contributed by atoms with Gasteiger partial charge in [0.25, 0.3) is 0 Å². The van der Waals surface area contributed by atoms with E-state index in [2.05, 4.69) is 0 Å². The number of nitrogens with zero attached hydrogens (tertiary/aromatic N) is 1. The number of sulfonamides is 1. The lowest BCUT2D eigenvalue weighted by Crippen LogP contribution is -2.30. The Balaban J connectivity index is 2.36. The largest absolute Gasteiger partial charge is 0.243 e. The molecule has 21 heavy (non-hydrogen) atoms. The van der Waals surface area contributed by atoms with Crippen molar-refractivity contribution in [2.45, 2.75) is 24.8 Å². The standard InChI is InChI=1S/C16H18ClNO2S/c1-12-6-4-5-7-16(12)21(19,20)18(3)13(2)14-8-10-15(17)11-9-14/h4-11,13H,1-3H3. The Morgan fingerprint density at radius 2 is 1.62 bits per heavy atom. The van der Waals surface area contributed by atoms with Gasteiger partial charge in [0.15, 0.2) is 0 Å². The summed E-state index contributed by atoms with van der Waals surface area (Å²) < 4.78 is 26.9. The van der Waals surface area contributed by atoms with E-state index in [-0.39, 0.29) is 6.04 Å². The van der Waals surface area contributed by atoms with E-state index in [1.807, 2.05) is 25.1 Å². The van der Waals surface area contributed by atoms with Gasteiger partial charge in [0.1, 0.15) is 0 Å². The molecule has 0 amide bonds. The SMILES string of the molecule is Cc1ccccc1S(=O)(=O)N(C)C(C)c1ccc(Cl)cc1. The van der Waals surface area contributed by atoms with E-state index in [4.69, 9.17) is 11.6 Å². The van der Waals surface area contributed by atoms with Gasteiger partial charge in [-0.05, 0) is 43.2 Å². The van der Waals surface area contributed by atoms with Gasteiger partial charge in [0, 0.05) is 18.1 Å². The van der Waals surface area contributed by atoms with Crippen LogP contribution in [0.5, 0.6) is 0 Å². The Morgan fingerprint density at radius 1 is 1.05 bits per heavy atom. The molecule has 0 aromatic heterocycles. The van der Waals surface area contributed by atoms with Crippen LogP contribution in [0, 0.1) is 6.92 Å². The van der Waals surface area contributed by atoms with Crippen molar-refractivity contribution in [3.8, 4) is 0 Å². The number of rotatable bonds is 4. The fraction of sp³-hybridized carbons (Fsp3) is 0.250. The first-order chi connectivity index (χ1) is 9.84. The predicted molar refractivity (Wildman–Crippen MR) is 86.0 cm³/mol. The van der Waals surface area contributed by atoms with Crippen LogP contribution in [0.2, 0.25) is 5.02 Å². The maximum absolute atomic E-state index is 12.7. The summed E-state index contributed by atoms with van der Waals surface area (Å²) in [4.78, 5) is 0.341. The first-order valence-corrected chi connectivity index (χ1v) is 8.45. The van der Waals surface area contributed by atoms with Crippen molar-refractivity contribution in [2.24, 2.45) is 0 Å². The minimum absolute atomic E-state index is 0.271. The predicted octanol–water partition coefficient (Wildman–Crippen LogP) is 4.03. The van der Waals surface area contributed by atoms with E-state index in [0.717, 1.165) is 11.1 Å². The Hall–Kier alpha value is -1.36. The summed E-state index contributed by atoms with van der Waals surface area (Å²) in [6.45, 7) is 3.66. The normalized spacial score (nSPS) is 13.4. The molecule has 0 fully saturated rings. The second-order valence-electron chi connectivity index (χ2n) is 5.01. The highest BCUT2D eigenvalue weighted by atomic mass is 35.5. The fourth-order valence-corrected chi connectivity index (χ4v) is 3.86. The zero-order chi connectivity index (χ0) is 15.6. The van der Waals surface area contributed by atoms with Crippen LogP contribution >= 0.6 is 11.6 Å². The van der Waals surface area contributed by atoms with Crippen molar-refractivity contribution in [3.05, 3.63) is 64.7 Å². The third-order valence-electron chi connectivity index (χ3n) is 3.65. The van der Waals surface area contributed by atoms with E-state index in [9.17, 15) is 8.42 Å². The maximum atomic E-state index is 12.7. The molecule has 1 unspecified atom stereocenters. The molecule has 2 aromatic carbocycles. The second kappa shape index (κ2) is 6.18. The van der Waals surface area contributed by atoms with Crippen molar-refractivity contribution in [3.63, 3.8) is 0 Å². The lowest BCUT2D eigenvalue weighted by atomic mass is 10.1. The lowest BCUT2D eigenvalue weighted by Gasteiger charge is -2.25. The highest BCUT2D eigenvalue weighted by molar-refractivity contribution is 7.89. The summed E-state index contributed by atoms with van der Waals surface area (Å²) in [6.07, 6.45) is 0. The third-order valence-corrected chi connectivity index (χ3v) is 5.99. The van der Waals surface area contributed by atoms with Crippen LogP contribution in [0.15, 0.2) is 53.4 Å². The molecular weight excluding hydrogens is 306 g/mol. The van der Waals surface area contributed by atoms with E-state index < -0.39 is 10.0 Å².